The molecule has 66 heavy (non-hydrogen) atoms. The van der Waals surface area contributed by atoms with E-state index in [2.05, 4.69) is 22.1 Å². The summed E-state index contributed by atoms with van der Waals surface area (Å²) in [4.78, 5) is 38.3. The van der Waals surface area contributed by atoms with Crippen molar-refractivity contribution in [1.82, 2.24) is 9.97 Å². The summed E-state index contributed by atoms with van der Waals surface area (Å²) >= 11 is 0. The Balaban J connectivity index is 1.18. The van der Waals surface area contributed by atoms with E-state index in [1.165, 1.54) is 14.2 Å². The Hall–Kier alpha value is -8.78. The monoisotopic (exact) mass is 882 g/mol. The number of H-pyrrole nitrogens is 2. The Labute approximate surface area is 378 Å². The van der Waals surface area contributed by atoms with Gasteiger partial charge >= 0.3 is 11.9 Å². The van der Waals surface area contributed by atoms with Gasteiger partial charge in [-0.3, -0.25) is 9.97 Å². The van der Waals surface area contributed by atoms with Crippen LogP contribution in [0.1, 0.15) is 47.2 Å². The van der Waals surface area contributed by atoms with Gasteiger partial charge in [0.2, 0.25) is 11.8 Å². The molecule has 0 bridgehead atoms. The third-order valence-electron chi connectivity index (χ3n) is 12.0. The number of carbonyl (C=O) groups is 2. The van der Waals surface area contributed by atoms with E-state index in [1.54, 1.807) is 24.3 Å². The third kappa shape index (κ3) is 6.91. The fourth-order valence-electron chi connectivity index (χ4n) is 9.35. The number of fused-ring (bicyclic) bond motifs is 4. The van der Waals surface area contributed by atoms with Crippen molar-refractivity contribution in [3.63, 3.8) is 0 Å². The fourth-order valence-corrected chi connectivity index (χ4v) is 9.35. The third-order valence-corrected chi connectivity index (χ3v) is 12.0. The molecule has 4 aliphatic rings. The van der Waals surface area contributed by atoms with Gasteiger partial charge in [-0.2, -0.15) is 0 Å². The molecule has 6 aromatic rings. The number of rotatable bonds is 11. The number of aromatic nitrogens is 2. The molecule has 0 spiro atoms. The number of hydrogen-bond acceptors (Lipinski definition) is 12. The van der Waals surface area contributed by atoms with Crippen LogP contribution in [0.15, 0.2) is 168 Å². The Morgan fingerprint density at radius 3 is 1.33 bits per heavy atom. The van der Waals surface area contributed by atoms with E-state index in [-0.39, 0.29) is 23.3 Å². The lowest BCUT2D eigenvalue weighted by Gasteiger charge is -2.45. The Morgan fingerprint density at radius 2 is 0.939 bits per heavy atom. The van der Waals surface area contributed by atoms with Gasteiger partial charge in [0.1, 0.15) is 11.5 Å². The van der Waals surface area contributed by atoms with Gasteiger partial charge in [0, 0.05) is 45.8 Å². The smallest absolute Gasteiger partial charge is 0.339 e. The lowest BCUT2D eigenvalue weighted by Crippen LogP contribution is -2.40. The van der Waals surface area contributed by atoms with Crippen LogP contribution in [0.4, 0.5) is 11.4 Å². The highest BCUT2D eigenvalue weighted by molar-refractivity contribution is 6.17. The molecule has 2 unspecified atom stereocenters. The zero-order valence-corrected chi connectivity index (χ0v) is 35.6. The summed E-state index contributed by atoms with van der Waals surface area (Å²) in [6, 6.07) is 30.0. The number of benzene rings is 4. The quantitative estimate of drug-likeness (QED) is 0.0678. The molecular weight excluding hydrogens is 841 g/mol. The molecule has 14 heteroatoms. The number of ether oxygens (including phenoxy) is 4. The van der Waals surface area contributed by atoms with Crippen molar-refractivity contribution in [1.29, 1.82) is 0 Å². The van der Waals surface area contributed by atoms with Gasteiger partial charge in [-0.1, -0.05) is 97.1 Å². The largest absolute Gasteiger partial charge is 0.496 e. The minimum atomic E-state index is -1.16. The SMILES string of the molecule is COc1ccccc1C(C(=O)Oc1cc(O)[nH]c1O)N1C2=CC=CCC2=C(C2=C3CC=CC=C3N(C(C(=O)Oc3cc(O)[nH]c3O)c3ccccc3OC)c3ccccc32)c2ccccc21. The molecule has 0 amide bonds. The van der Waals surface area contributed by atoms with Crippen molar-refractivity contribution in [2.75, 3.05) is 24.0 Å². The van der Waals surface area contributed by atoms with Crippen molar-refractivity contribution < 1.29 is 49.0 Å². The molecule has 330 valence electrons. The molecule has 0 fully saturated rings. The highest BCUT2D eigenvalue weighted by atomic mass is 16.6. The maximum absolute atomic E-state index is 14.8. The lowest BCUT2D eigenvalue weighted by molar-refractivity contribution is -0.137. The first-order valence-corrected chi connectivity index (χ1v) is 21.1. The van der Waals surface area contributed by atoms with E-state index in [9.17, 15) is 30.0 Å². The average molecular weight is 883 g/mol. The van der Waals surface area contributed by atoms with E-state index in [0.717, 1.165) is 56.9 Å². The number of hydrogen-bond donors (Lipinski definition) is 6. The number of aromatic amines is 2. The van der Waals surface area contributed by atoms with E-state index in [4.69, 9.17) is 18.9 Å². The number of esters is 2. The number of aromatic hydroxyl groups is 4. The normalized spacial score (nSPS) is 15.7. The van der Waals surface area contributed by atoms with E-state index in [0.29, 0.717) is 46.8 Å². The topological polar surface area (TPSA) is 190 Å². The number of carbonyl (C=O) groups excluding carboxylic acids is 2. The minimum absolute atomic E-state index is 0.241. The van der Waals surface area contributed by atoms with Crippen LogP contribution in [0.5, 0.6) is 46.5 Å². The molecule has 0 saturated heterocycles. The average Bonchev–Trinajstić information content (AvgIpc) is 3.84. The highest BCUT2D eigenvalue weighted by Crippen LogP contribution is 2.57. The second-order valence-corrected chi connectivity index (χ2v) is 15.7. The Morgan fingerprint density at radius 1 is 0.545 bits per heavy atom. The molecule has 0 radical (unpaired) electrons. The van der Waals surface area contributed by atoms with Crippen LogP contribution in [-0.2, 0) is 9.59 Å². The molecule has 0 saturated carbocycles. The fraction of sp³-hybridized carbons (Fsp3) is 0.115. The van der Waals surface area contributed by atoms with Crippen molar-refractivity contribution in [2.45, 2.75) is 24.9 Å². The lowest BCUT2D eigenvalue weighted by atomic mass is 9.75. The predicted octanol–water partition coefficient (Wildman–Crippen LogP) is 9.41. The molecule has 10 rings (SSSR count). The summed E-state index contributed by atoms with van der Waals surface area (Å²) in [5, 5.41) is 41.4. The standard InChI is InChI=1S/C52H42N4O10/c1-63-39-25-13-7-19-33(39)47(51(61)65-41-27-43(57)53-49(41)59)55-35-21-9-3-15-29(35)45(30-16-4-10-22-36(30)55)46-31-17-5-11-23-37(31)56(38-24-12-6-18-32(38)46)48(34-20-8-14-26-40(34)64-2)52(62)66-42-28-44(58)54-50(42)60/h3-15,17,19-28,47-48,53-54,57-60H,16,18H2,1-2H3. The molecule has 4 aromatic carbocycles. The van der Waals surface area contributed by atoms with E-state index in [1.807, 2.05) is 107 Å². The van der Waals surface area contributed by atoms with Crippen LogP contribution in [0.25, 0.3) is 11.1 Å². The first kappa shape index (κ1) is 41.2. The van der Waals surface area contributed by atoms with Gasteiger partial charge in [0.05, 0.1) is 25.6 Å². The molecule has 2 aliphatic carbocycles. The molecule has 6 N–H and O–H groups in total. The van der Waals surface area contributed by atoms with E-state index < -0.39 is 35.8 Å². The molecule has 2 aliphatic heterocycles. The Bertz CT molecular complexity index is 2940. The van der Waals surface area contributed by atoms with Gasteiger partial charge in [-0.05, 0) is 71.6 Å². The number of nitrogens with zero attached hydrogens (tertiary/aromatic N) is 2. The zero-order valence-electron chi connectivity index (χ0n) is 35.6. The highest BCUT2D eigenvalue weighted by Gasteiger charge is 2.45. The molecule has 14 nitrogen and oxygen atoms in total. The number of nitrogens with one attached hydrogen (secondary N) is 2. The van der Waals surface area contributed by atoms with Gasteiger partial charge in [0.25, 0.3) is 0 Å². The number of para-hydroxylation sites is 4. The van der Waals surface area contributed by atoms with E-state index >= 15 is 0 Å². The van der Waals surface area contributed by atoms with Crippen LogP contribution in [0, 0.1) is 0 Å². The van der Waals surface area contributed by atoms with Gasteiger partial charge < -0.3 is 49.2 Å². The summed E-state index contributed by atoms with van der Waals surface area (Å²) in [6.45, 7) is 0. The van der Waals surface area contributed by atoms with Gasteiger partial charge in [-0.15, -0.1) is 0 Å². The summed E-state index contributed by atoms with van der Waals surface area (Å²) in [7, 11) is 3.06. The van der Waals surface area contributed by atoms with Crippen LogP contribution < -0.4 is 28.7 Å². The van der Waals surface area contributed by atoms with Crippen molar-refractivity contribution in [2.24, 2.45) is 0 Å². The summed E-state index contributed by atoms with van der Waals surface area (Å²) in [6.07, 6.45) is 12.9. The maximum atomic E-state index is 14.8. The number of methoxy groups -OCH3 is 2. The van der Waals surface area contributed by atoms with Crippen molar-refractivity contribution in [3.8, 4) is 46.5 Å². The second-order valence-electron chi connectivity index (χ2n) is 15.7. The molecular formula is C52H42N4O10. The first-order valence-electron chi connectivity index (χ1n) is 21.1. The van der Waals surface area contributed by atoms with Crippen LogP contribution in [0.2, 0.25) is 0 Å². The summed E-state index contributed by atoms with van der Waals surface area (Å²) in [5.74, 6) is -2.87. The Kier molecular flexibility index (Phi) is 10.5. The second kappa shape index (κ2) is 16.7. The van der Waals surface area contributed by atoms with Gasteiger partial charge in [0.15, 0.2) is 35.3 Å². The van der Waals surface area contributed by atoms with Crippen LogP contribution in [0.3, 0.4) is 0 Å². The zero-order chi connectivity index (χ0) is 45.6. The van der Waals surface area contributed by atoms with Gasteiger partial charge in [-0.25, -0.2) is 9.59 Å². The van der Waals surface area contributed by atoms with Crippen molar-refractivity contribution >= 4 is 34.5 Å². The molecule has 4 heterocycles. The number of anilines is 2. The summed E-state index contributed by atoms with van der Waals surface area (Å²) < 4.78 is 23.5. The minimum Gasteiger partial charge on any atom is -0.496 e. The summed E-state index contributed by atoms with van der Waals surface area (Å²) in [5.41, 5.74) is 9.10. The van der Waals surface area contributed by atoms with Crippen molar-refractivity contribution in [3.05, 3.63) is 190 Å². The number of allylic oxidation sites excluding steroid dienone is 10. The van der Waals surface area contributed by atoms with Crippen LogP contribution in [-0.4, -0.2) is 56.6 Å². The molecule has 2 atom stereocenters. The molecule has 2 aromatic heterocycles. The first-order chi connectivity index (χ1) is 32.2. The maximum Gasteiger partial charge on any atom is 0.339 e. The van der Waals surface area contributed by atoms with Crippen LogP contribution >= 0.6 is 0 Å². The predicted molar refractivity (Wildman–Crippen MR) is 246 cm³/mol.